The Bertz CT molecular complexity index is 151. The summed E-state index contributed by atoms with van der Waals surface area (Å²) in [5, 5.41) is 9.00. The van der Waals surface area contributed by atoms with Gasteiger partial charge in [-0.05, 0) is 0 Å². The lowest BCUT2D eigenvalue weighted by molar-refractivity contribution is -0.134. The number of amides is 4. The predicted octanol–water partition coefficient (Wildman–Crippen LogP) is -1.18. The number of carbonyl (C=O) groups is 3. The fourth-order valence-corrected chi connectivity index (χ4v) is 0.121. The van der Waals surface area contributed by atoms with Crippen LogP contribution in [0.5, 0.6) is 0 Å². The molecule has 0 heterocycles. The summed E-state index contributed by atoms with van der Waals surface area (Å²) < 4.78 is 0. The van der Waals surface area contributed by atoms with Gasteiger partial charge in [0, 0.05) is 6.92 Å². The van der Waals surface area contributed by atoms with Gasteiger partial charge in [0.05, 0.1) is 0 Å². The summed E-state index contributed by atoms with van der Waals surface area (Å²) in [6, 6.07) is -1.88. The van der Waals surface area contributed by atoms with E-state index < -0.39 is 18.0 Å². The topological polar surface area (TPSA) is 136 Å². The number of carboxylic acid groups (broad SMARTS) is 1. The van der Waals surface area contributed by atoms with E-state index in [9.17, 15) is 9.59 Å². The van der Waals surface area contributed by atoms with Gasteiger partial charge in [0.2, 0.25) is 0 Å². The number of imide groups is 1. The lowest BCUT2D eigenvalue weighted by Gasteiger charge is -1.88. The number of nitrogens with two attached hydrogens (primary N) is 2. The van der Waals surface area contributed by atoms with Crippen LogP contribution in [0.3, 0.4) is 0 Å². The van der Waals surface area contributed by atoms with Crippen molar-refractivity contribution in [2.75, 3.05) is 0 Å². The summed E-state index contributed by atoms with van der Waals surface area (Å²) in [4.78, 5) is 28.2. The molecule has 0 bridgehead atoms. The first-order chi connectivity index (χ1) is 4.86. The highest BCUT2D eigenvalue weighted by molar-refractivity contribution is 5.91. The van der Waals surface area contributed by atoms with E-state index >= 15 is 0 Å². The molecular formula is C4H9N3O4. The van der Waals surface area contributed by atoms with Crippen molar-refractivity contribution in [2.45, 2.75) is 6.92 Å². The number of hydrogen-bond donors (Lipinski definition) is 4. The zero-order chi connectivity index (χ0) is 9.44. The number of carboxylic acids is 1. The largest absolute Gasteiger partial charge is 0.481 e. The maximum atomic E-state index is 9.62. The van der Waals surface area contributed by atoms with E-state index in [1.807, 2.05) is 0 Å². The van der Waals surface area contributed by atoms with Crippen LogP contribution in [-0.4, -0.2) is 23.1 Å². The zero-order valence-electron chi connectivity index (χ0n) is 5.83. The maximum absolute atomic E-state index is 9.62. The SMILES string of the molecule is CC(=O)O.NC(=O)NC(N)=O. The average molecular weight is 163 g/mol. The Morgan fingerprint density at radius 1 is 1.18 bits per heavy atom. The van der Waals surface area contributed by atoms with Gasteiger partial charge in [0.25, 0.3) is 5.97 Å². The van der Waals surface area contributed by atoms with E-state index in [4.69, 9.17) is 9.90 Å². The second kappa shape index (κ2) is 6.33. The minimum Gasteiger partial charge on any atom is -0.481 e. The van der Waals surface area contributed by atoms with Gasteiger partial charge in [0.1, 0.15) is 0 Å². The zero-order valence-corrected chi connectivity index (χ0v) is 5.83. The quantitative estimate of drug-likeness (QED) is 0.357. The maximum Gasteiger partial charge on any atom is 0.320 e. The van der Waals surface area contributed by atoms with Crippen LogP contribution in [0.4, 0.5) is 9.59 Å². The molecule has 0 rings (SSSR count). The van der Waals surface area contributed by atoms with Crippen LogP contribution < -0.4 is 16.8 Å². The summed E-state index contributed by atoms with van der Waals surface area (Å²) in [6.07, 6.45) is 0. The number of carbonyl (C=O) groups excluding carboxylic acids is 2. The first-order valence-electron chi connectivity index (χ1n) is 2.41. The highest BCUT2D eigenvalue weighted by atomic mass is 16.4. The molecule has 64 valence electrons. The Labute approximate surface area is 62.3 Å². The number of aliphatic carboxylic acids is 1. The number of urea groups is 2. The van der Waals surface area contributed by atoms with E-state index in [1.54, 1.807) is 5.32 Å². The third-order valence-electron chi connectivity index (χ3n) is 0.246. The van der Waals surface area contributed by atoms with Gasteiger partial charge < -0.3 is 16.6 Å². The van der Waals surface area contributed by atoms with Gasteiger partial charge in [-0.3, -0.25) is 10.1 Å². The summed E-state index contributed by atoms with van der Waals surface area (Å²) >= 11 is 0. The molecule has 0 aromatic heterocycles. The fraction of sp³-hybridized carbons (Fsp3) is 0.250. The molecule has 0 unspecified atom stereocenters. The van der Waals surface area contributed by atoms with Crippen LogP contribution in [0, 0.1) is 0 Å². The molecule has 0 atom stereocenters. The summed E-state index contributed by atoms with van der Waals surface area (Å²) in [7, 11) is 0. The fourth-order valence-electron chi connectivity index (χ4n) is 0.121. The van der Waals surface area contributed by atoms with Crippen LogP contribution in [0.1, 0.15) is 6.92 Å². The molecule has 0 saturated heterocycles. The molecule has 6 N–H and O–H groups in total. The molecule has 0 fully saturated rings. The van der Waals surface area contributed by atoms with Crippen LogP contribution >= 0.6 is 0 Å². The van der Waals surface area contributed by atoms with Crippen LogP contribution in [-0.2, 0) is 4.79 Å². The molecule has 11 heavy (non-hydrogen) atoms. The molecule has 7 heteroatoms. The average Bonchev–Trinajstić information content (AvgIpc) is 1.56. The minimum absolute atomic E-state index is 0.833. The third-order valence-corrected chi connectivity index (χ3v) is 0.246. The van der Waals surface area contributed by atoms with Crippen molar-refractivity contribution in [3.8, 4) is 0 Å². The Morgan fingerprint density at radius 2 is 1.36 bits per heavy atom. The second-order valence-corrected chi connectivity index (χ2v) is 1.37. The summed E-state index contributed by atoms with van der Waals surface area (Å²) in [5.41, 5.74) is 8.88. The van der Waals surface area contributed by atoms with Gasteiger partial charge in [-0.1, -0.05) is 0 Å². The monoisotopic (exact) mass is 163 g/mol. The summed E-state index contributed by atoms with van der Waals surface area (Å²) in [6.45, 7) is 1.08. The molecule has 0 saturated carbocycles. The van der Waals surface area contributed by atoms with Crippen LogP contribution in [0.25, 0.3) is 0 Å². The molecule has 0 spiro atoms. The summed E-state index contributed by atoms with van der Waals surface area (Å²) in [5.74, 6) is -0.833. The van der Waals surface area contributed by atoms with E-state index in [0.29, 0.717) is 0 Å². The first kappa shape index (κ1) is 11.9. The van der Waals surface area contributed by atoms with Crippen molar-refractivity contribution in [2.24, 2.45) is 11.5 Å². The van der Waals surface area contributed by atoms with Crippen molar-refractivity contribution in [1.82, 2.24) is 5.32 Å². The molecule has 7 nitrogen and oxygen atoms in total. The van der Waals surface area contributed by atoms with Crippen molar-refractivity contribution >= 4 is 18.0 Å². The highest BCUT2D eigenvalue weighted by Gasteiger charge is 1.92. The van der Waals surface area contributed by atoms with Crippen LogP contribution in [0.15, 0.2) is 0 Å². The lowest BCUT2D eigenvalue weighted by Crippen LogP contribution is -2.38. The normalized spacial score (nSPS) is 7.00. The number of nitrogens with one attached hydrogen (secondary N) is 1. The smallest absolute Gasteiger partial charge is 0.320 e. The Balaban J connectivity index is 0. The van der Waals surface area contributed by atoms with Crippen molar-refractivity contribution in [1.29, 1.82) is 0 Å². The highest BCUT2D eigenvalue weighted by Crippen LogP contribution is 1.51. The van der Waals surface area contributed by atoms with Crippen LogP contribution in [0.2, 0.25) is 0 Å². The van der Waals surface area contributed by atoms with E-state index in [-0.39, 0.29) is 0 Å². The Hall–Kier alpha value is -1.79. The van der Waals surface area contributed by atoms with Gasteiger partial charge >= 0.3 is 12.1 Å². The predicted molar refractivity (Wildman–Crippen MR) is 35.6 cm³/mol. The molecule has 0 aromatic carbocycles. The van der Waals surface area contributed by atoms with Gasteiger partial charge in [-0.15, -0.1) is 0 Å². The molecule has 0 radical (unpaired) electrons. The molecule has 4 amide bonds. The number of rotatable bonds is 0. The molecule has 0 aliphatic rings. The van der Waals surface area contributed by atoms with Crippen molar-refractivity contribution in [3.05, 3.63) is 0 Å². The van der Waals surface area contributed by atoms with E-state index in [1.165, 1.54) is 0 Å². The lowest BCUT2D eigenvalue weighted by atomic mass is 10.9. The second-order valence-electron chi connectivity index (χ2n) is 1.37. The molecule has 0 aliphatic carbocycles. The Morgan fingerprint density at radius 3 is 1.36 bits per heavy atom. The molecular weight excluding hydrogens is 154 g/mol. The molecule has 0 aromatic rings. The van der Waals surface area contributed by atoms with Gasteiger partial charge in [-0.25, -0.2) is 9.59 Å². The van der Waals surface area contributed by atoms with E-state index in [0.717, 1.165) is 6.92 Å². The van der Waals surface area contributed by atoms with E-state index in [2.05, 4.69) is 11.5 Å². The Kier molecular flexibility index (Phi) is 6.87. The first-order valence-corrected chi connectivity index (χ1v) is 2.41. The standard InChI is InChI=1S/C2H5N3O2.C2H4O2/c3-1(6)5-2(4)7;1-2(3)4/h(H5,3,4,5,6,7);1H3,(H,3,4). The van der Waals surface area contributed by atoms with Gasteiger partial charge in [-0.2, -0.15) is 0 Å². The molecule has 0 aliphatic heterocycles. The number of primary amides is 2. The third kappa shape index (κ3) is 64.8. The van der Waals surface area contributed by atoms with Gasteiger partial charge in [0.15, 0.2) is 0 Å². The number of hydrogen-bond acceptors (Lipinski definition) is 3. The minimum atomic E-state index is -0.938. The van der Waals surface area contributed by atoms with Crippen molar-refractivity contribution in [3.63, 3.8) is 0 Å². The van der Waals surface area contributed by atoms with Crippen molar-refractivity contribution < 1.29 is 19.5 Å².